The van der Waals surface area contributed by atoms with E-state index < -0.39 is 10.0 Å². The number of hydrogen-bond donors (Lipinski definition) is 2. The van der Waals surface area contributed by atoms with Gasteiger partial charge in [-0.05, 0) is 26.0 Å². The van der Waals surface area contributed by atoms with E-state index in [0.29, 0.717) is 24.5 Å². The summed E-state index contributed by atoms with van der Waals surface area (Å²) in [5.74, 6) is 0.0875. The summed E-state index contributed by atoms with van der Waals surface area (Å²) in [6, 6.07) is 3.18. The molecule has 0 saturated heterocycles. The first-order valence-corrected chi connectivity index (χ1v) is 8.10. The number of nitrogens with two attached hydrogens (primary N) is 1. The average molecular weight is 330 g/mol. The topological polar surface area (TPSA) is 103 Å². The van der Waals surface area contributed by atoms with Crippen LogP contribution in [0.4, 0.5) is 5.82 Å². The lowest BCUT2D eigenvalue weighted by Gasteiger charge is -2.09. The molecule has 2 aromatic heterocycles. The van der Waals surface area contributed by atoms with Gasteiger partial charge in [0.1, 0.15) is 4.90 Å². The third kappa shape index (κ3) is 3.17. The molecule has 0 atom stereocenters. The Morgan fingerprint density at radius 1 is 1.43 bits per heavy atom. The lowest BCUT2D eigenvalue weighted by molar-refractivity contribution is 0.593. The molecule has 0 bridgehead atoms. The van der Waals surface area contributed by atoms with Crippen molar-refractivity contribution in [1.29, 1.82) is 0 Å². The fourth-order valence-electron chi connectivity index (χ4n) is 2.05. The highest BCUT2D eigenvalue weighted by Crippen LogP contribution is 2.25. The molecule has 9 heteroatoms. The van der Waals surface area contributed by atoms with E-state index in [2.05, 4.69) is 14.8 Å². The van der Waals surface area contributed by atoms with Gasteiger partial charge in [0, 0.05) is 12.7 Å². The first-order chi connectivity index (χ1) is 9.86. The maximum Gasteiger partial charge on any atom is 0.266 e. The number of pyridine rings is 1. The predicted octanol–water partition coefficient (Wildman–Crippen LogP) is 1.31. The molecule has 0 aromatic carbocycles. The maximum atomic E-state index is 12.5. The van der Waals surface area contributed by atoms with E-state index >= 15 is 0 Å². The third-order valence-electron chi connectivity index (χ3n) is 2.91. The molecule has 7 nitrogen and oxygen atoms in total. The van der Waals surface area contributed by atoms with Gasteiger partial charge in [-0.2, -0.15) is 5.10 Å². The summed E-state index contributed by atoms with van der Waals surface area (Å²) in [6.45, 7) is 4.15. The summed E-state index contributed by atoms with van der Waals surface area (Å²) < 4.78 is 29.0. The van der Waals surface area contributed by atoms with E-state index in [1.165, 1.54) is 6.20 Å². The quantitative estimate of drug-likeness (QED) is 0.860. The molecule has 21 heavy (non-hydrogen) atoms. The molecule has 3 N–H and O–H groups in total. The predicted molar refractivity (Wildman–Crippen MR) is 80.8 cm³/mol. The number of nitrogens with one attached hydrogen (secondary N) is 1. The standard InChI is InChI=1S/C12H16ClN5O2S/c1-8-11(9(2)18(16-8)7-5-14)21(19,20)17-12-10(13)4-3-6-15-12/h3-4,6H,5,7,14H2,1-2H3,(H,15,17). The van der Waals surface area contributed by atoms with Crippen LogP contribution in [0.25, 0.3) is 0 Å². The summed E-state index contributed by atoms with van der Waals surface area (Å²) >= 11 is 5.93. The van der Waals surface area contributed by atoms with Crippen molar-refractivity contribution in [3.63, 3.8) is 0 Å². The van der Waals surface area contributed by atoms with Crippen LogP contribution < -0.4 is 10.5 Å². The molecule has 0 unspecified atom stereocenters. The number of aromatic nitrogens is 3. The number of aryl methyl sites for hydroxylation is 1. The van der Waals surface area contributed by atoms with Crippen LogP contribution in [0, 0.1) is 13.8 Å². The van der Waals surface area contributed by atoms with Crippen molar-refractivity contribution < 1.29 is 8.42 Å². The summed E-state index contributed by atoms with van der Waals surface area (Å²) in [4.78, 5) is 4.04. The van der Waals surface area contributed by atoms with Gasteiger partial charge in [-0.1, -0.05) is 11.6 Å². The second kappa shape index (κ2) is 6.00. The fraction of sp³-hybridized carbons (Fsp3) is 0.333. The molecule has 2 aromatic rings. The molecule has 0 aliphatic heterocycles. The highest BCUT2D eigenvalue weighted by molar-refractivity contribution is 7.92. The fourth-order valence-corrected chi connectivity index (χ4v) is 3.72. The van der Waals surface area contributed by atoms with Crippen molar-refractivity contribution in [2.24, 2.45) is 5.73 Å². The SMILES string of the molecule is Cc1nn(CCN)c(C)c1S(=O)(=O)Nc1ncccc1Cl. The molecule has 0 amide bonds. The Kier molecular flexibility index (Phi) is 4.50. The van der Waals surface area contributed by atoms with E-state index in [1.807, 2.05) is 0 Å². The maximum absolute atomic E-state index is 12.5. The Morgan fingerprint density at radius 2 is 2.14 bits per heavy atom. The number of anilines is 1. The zero-order chi connectivity index (χ0) is 15.6. The van der Waals surface area contributed by atoms with Gasteiger partial charge in [-0.15, -0.1) is 0 Å². The molecule has 2 rings (SSSR count). The van der Waals surface area contributed by atoms with Crippen molar-refractivity contribution >= 4 is 27.4 Å². The minimum absolute atomic E-state index is 0.0875. The van der Waals surface area contributed by atoms with Crippen molar-refractivity contribution in [3.8, 4) is 0 Å². The lowest BCUT2D eigenvalue weighted by Crippen LogP contribution is -2.17. The van der Waals surface area contributed by atoms with Crippen LogP contribution in [-0.4, -0.2) is 29.7 Å². The van der Waals surface area contributed by atoms with E-state index in [9.17, 15) is 8.42 Å². The van der Waals surface area contributed by atoms with Gasteiger partial charge in [0.05, 0.1) is 23.0 Å². The van der Waals surface area contributed by atoms with E-state index in [0.717, 1.165) is 0 Å². The number of sulfonamides is 1. The Morgan fingerprint density at radius 3 is 2.76 bits per heavy atom. The summed E-state index contributed by atoms with van der Waals surface area (Å²) in [6.07, 6.45) is 1.46. The first-order valence-electron chi connectivity index (χ1n) is 6.24. The molecule has 0 aliphatic carbocycles. The van der Waals surface area contributed by atoms with Crippen LogP contribution in [-0.2, 0) is 16.6 Å². The minimum Gasteiger partial charge on any atom is -0.329 e. The monoisotopic (exact) mass is 329 g/mol. The molecule has 0 aliphatic rings. The van der Waals surface area contributed by atoms with Gasteiger partial charge in [-0.3, -0.25) is 9.40 Å². The first kappa shape index (κ1) is 15.7. The molecule has 0 radical (unpaired) electrons. The molecule has 114 valence electrons. The van der Waals surface area contributed by atoms with Gasteiger partial charge in [0.15, 0.2) is 5.82 Å². The Balaban J connectivity index is 2.43. The molecule has 0 saturated carbocycles. The van der Waals surface area contributed by atoms with E-state index in [-0.39, 0.29) is 15.7 Å². The summed E-state index contributed by atoms with van der Waals surface area (Å²) in [5, 5.41) is 4.42. The average Bonchev–Trinajstić information content (AvgIpc) is 2.68. The largest absolute Gasteiger partial charge is 0.329 e. The van der Waals surface area contributed by atoms with E-state index in [4.69, 9.17) is 17.3 Å². The minimum atomic E-state index is -3.82. The molecule has 0 spiro atoms. The zero-order valence-electron chi connectivity index (χ0n) is 11.7. The number of hydrogen-bond acceptors (Lipinski definition) is 5. The molecular weight excluding hydrogens is 314 g/mol. The van der Waals surface area contributed by atoms with Gasteiger partial charge in [0.2, 0.25) is 0 Å². The van der Waals surface area contributed by atoms with Crippen molar-refractivity contribution in [1.82, 2.24) is 14.8 Å². The van der Waals surface area contributed by atoms with Crippen molar-refractivity contribution in [2.45, 2.75) is 25.3 Å². The van der Waals surface area contributed by atoms with Gasteiger partial charge in [0.25, 0.3) is 10.0 Å². The Labute approximate surface area is 128 Å². The third-order valence-corrected chi connectivity index (χ3v) is 4.81. The lowest BCUT2D eigenvalue weighted by atomic mass is 10.4. The van der Waals surface area contributed by atoms with Crippen LogP contribution in [0.2, 0.25) is 5.02 Å². The second-order valence-corrected chi connectivity index (χ2v) is 6.48. The van der Waals surface area contributed by atoms with Crippen LogP contribution >= 0.6 is 11.6 Å². The summed E-state index contributed by atoms with van der Waals surface area (Å²) in [5.41, 5.74) is 6.42. The van der Waals surface area contributed by atoms with Gasteiger partial charge in [-0.25, -0.2) is 13.4 Å². The Bertz CT molecular complexity index is 757. The van der Waals surface area contributed by atoms with E-state index in [1.54, 1.807) is 30.7 Å². The second-order valence-electron chi connectivity index (χ2n) is 4.45. The van der Waals surface area contributed by atoms with Crippen LogP contribution in [0.15, 0.2) is 23.2 Å². The highest BCUT2D eigenvalue weighted by atomic mass is 35.5. The summed E-state index contributed by atoms with van der Waals surface area (Å²) in [7, 11) is -3.82. The molecule has 2 heterocycles. The normalized spacial score (nSPS) is 11.6. The smallest absolute Gasteiger partial charge is 0.266 e. The van der Waals surface area contributed by atoms with Gasteiger partial charge >= 0.3 is 0 Å². The molecular formula is C12H16ClN5O2S. The zero-order valence-corrected chi connectivity index (χ0v) is 13.2. The van der Waals surface area contributed by atoms with Crippen LogP contribution in [0.3, 0.4) is 0 Å². The van der Waals surface area contributed by atoms with Crippen molar-refractivity contribution in [3.05, 3.63) is 34.7 Å². The number of nitrogens with zero attached hydrogens (tertiary/aromatic N) is 3. The highest BCUT2D eigenvalue weighted by Gasteiger charge is 2.25. The Hall–Kier alpha value is -1.64. The van der Waals surface area contributed by atoms with Gasteiger partial charge < -0.3 is 5.73 Å². The number of rotatable bonds is 5. The van der Waals surface area contributed by atoms with Crippen LogP contribution in [0.1, 0.15) is 11.4 Å². The van der Waals surface area contributed by atoms with Crippen LogP contribution in [0.5, 0.6) is 0 Å². The van der Waals surface area contributed by atoms with Crippen molar-refractivity contribution in [2.75, 3.05) is 11.3 Å². The number of halogens is 1. The molecule has 0 fully saturated rings.